The van der Waals surface area contributed by atoms with E-state index in [0.29, 0.717) is 19.2 Å². The van der Waals surface area contributed by atoms with Gasteiger partial charge in [-0.25, -0.2) is 4.98 Å². The minimum absolute atomic E-state index is 0.353. The van der Waals surface area contributed by atoms with E-state index in [2.05, 4.69) is 9.97 Å². The molecule has 0 N–H and O–H groups in total. The first-order valence-electron chi connectivity index (χ1n) is 5.26. The molecule has 5 heteroatoms. The molecule has 0 bridgehead atoms. The Balaban J connectivity index is 2.22. The van der Waals surface area contributed by atoms with E-state index in [1.54, 1.807) is 20.4 Å². The molecule has 1 aromatic heterocycles. The molecule has 0 aliphatic carbocycles. The van der Waals surface area contributed by atoms with Crippen LogP contribution in [-0.4, -0.2) is 37.4 Å². The molecular formula is C12H14N2O3. The molecule has 0 amide bonds. The highest BCUT2D eigenvalue weighted by Crippen LogP contribution is 2.20. The van der Waals surface area contributed by atoms with E-state index in [1.807, 2.05) is 18.2 Å². The van der Waals surface area contributed by atoms with Crippen molar-refractivity contribution < 1.29 is 14.2 Å². The van der Waals surface area contributed by atoms with Gasteiger partial charge in [-0.2, -0.15) is 4.98 Å². The molecule has 2 rings (SSSR count). The minimum atomic E-state index is 0.353. The Labute approximate surface area is 99.4 Å². The zero-order valence-corrected chi connectivity index (χ0v) is 9.84. The summed E-state index contributed by atoms with van der Waals surface area (Å²) in [4.78, 5) is 8.27. The fraction of sp³-hybridized carbons (Fsp3) is 0.333. The van der Waals surface area contributed by atoms with E-state index in [1.165, 1.54) is 0 Å². The van der Waals surface area contributed by atoms with E-state index in [0.717, 1.165) is 16.7 Å². The number of hydrogen-bond donors (Lipinski definition) is 0. The molecule has 1 heterocycles. The molecule has 2 aromatic rings. The zero-order valence-electron chi connectivity index (χ0n) is 9.84. The van der Waals surface area contributed by atoms with Crippen molar-refractivity contribution in [2.24, 2.45) is 0 Å². The van der Waals surface area contributed by atoms with Crippen LogP contribution in [0.25, 0.3) is 10.9 Å². The van der Waals surface area contributed by atoms with Gasteiger partial charge in [0.05, 0.1) is 19.2 Å². The molecule has 0 saturated carbocycles. The maximum atomic E-state index is 5.50. The first-order valence-corrected chi connectivity index (χ1v) is 5.26. The first-order chi connectivity index (χ1) is 8.33. The first kappa shape index (κ1) is 11.6. The van der Waals surface area contributed by atoms with Crippen LogP contribution in [0.5, 0.6) is 11.8 Å². The molecule has 0 saturated heterocycles. The van der Waals surface area contributed by atoms with Crippen molar-refractivity contribution in [3.8, 4) is 11.8 Å². The van der Waals surface area contributed by atoms with E-state index >= 15 is 0 Å². The number of nitrogens with zero attached hydrogens (tertiary/aromatic N) is 2. The topological polar surface area (TPSA) is 53.5 Å². The molecule has 1 aromatic carbocycles. The number of aromatic nitrogens is 2. The minimum Gasteiger partial charge on any atom is -0.491 e. The third kappa shape index (κ3) is 2.82. The smallest absolute Gasteiger partial charge is 0.316 e. The van der Waals surface area contributed by atoms with Crippen molar-refractivity contribution in [3.05, 3.63) is 24.4 Å². The maximum absolute atomic E-state index is 5.50. The zero-order chi connectivity index (χ0) is 12.1. The van der Waals surface area contributed by atoms with Crippen molar-refractivity contribution in [2.75, 3.05) is 27.4 Å². The van der Waals surface area contributed by atoms with Crippen LogP contribution in [0, 0.1) is 0 Å². The van der Waals surface area contributed by atoms with Crippen LogP contribution in [0.15, 0.2) is 24.4 Å². The van der Waals surface area contributed by atoms with Crippen molar-refractivity contribution in [1.29, 1.82) is 0 Å². The average molecular weight is 234 g/mol. The van der Waals surface area contributed by atoms with Gasteiger partial charge in [0.1, 0.15) is 12.4 Å². The summed E-state index contributed by atoms with van der Waals surface area (Å²) < 4.78 is 15.4. The molecule has 5 nitrogen and oxygen atoms in total. The number of methoxy groups -OCH3 is 2. The van der Waals surface area contributed by atoms with Crippen molar-refractivity contribution in [2.45, 2.75) is 0 Å². The Hall–Kier alpha value is -1.88. The van der Waals surface area contributed by atoms with Crippen LogP contribution in [0.4, 0.5) is 0 Å². The van der Waals surface area contributed by atoms with Crippen LogP contribution >= 0.6 is 0 Å². The molecule has 0 unspecified atom stereocenters. The molecule has 0 aliphatic rings. The molecule has 0 radical (unpaired) electrons. The lowest BCUT2D eigenvalue weighted by molar-refractivity contribution is 0.146. The molecule has 0 fully saturated rings. The largest absolute Gasteiger partial charge is 0.491 e. The summed E-state index contributed by atoms with van der Waals surface area (Å²) in [5.74, 6) is 0.760. The van der Waals surface area contributed by atoms with Crippen molar-refractivity contribution >= 4 is 10.9 Å². The number of ether oxygens (including phenoxy) is 3. The Morgan fingerprint density at radius 1 is 1.18 bits per heavy atom. The number of rotatable bonds is 5. The van der Waals surface area contributed by atoms with Crippen molar-refractivity contribution in [3.63, 3.8) is 0 Å². The summed E-state index contributed by atoms with van der Waals surface area (Å²) >= 11 is 0. The fourth-order valence-electron chi connectivity index (χ4n) is 1.42. The van der Waals surface area contributed by atoms with Crippen LogP contribution in [0.1, 0.15) is 0 Å². The standard InChI is InChI=1S/C12H14N2O3/c1-15-5-6-17-10-4-3-9-8-13-12(16-2)14-11(9)7-10/h3-4,7-8H,5-6H2,1-2H3. The summed E-state index contributed by atoms with van der Waals surface area (Å²) in [6, 6.07) is 6.01. The van der Waals surface area contributed by atoms with Gasteiger partial charge >= 0.3 is 6.01 Å². The summed E-state index contributed by atoms with van der Waals surface area (Å²) in [6.45, 7) is 1.08. The second kappa shape index (κ2) is 5.45. The van der Waals surface area contributed by atoms with Crippen LogP contribution in [0.2, 0.25) is 0 Å². The number of hydrogen-bond acceptors (Lipinski definition) is 5. The van der Waals surface area contributed by atoms with Gasteiger partial charge in [0.15, 0.2) is 0 Å². The van der Waals surface area contributed by atoms with Gasteiger partial charge in [-0.15, -0.1) is 0 Å². The highest BCUT2D eigenvalue weighted by Gasteiger charge is 2.01. The van der Waals surface area contributed by atoms with Gasteiger partial charge < -0.3 is 14.2 Å². The molecule has 90 valence electrons. The Kier molecular flexibility index (Phi) is 3.72. The highest BCUT2D eigenvalue weighted by molar-refractivity contribution is 5.79. The summed E-state index contributed by atoms with van der Waals surface area (Å²) in [7, 11) is 3.18. The second-order valence-corrected chi connectivity index (χ2v) is 3.42. The summed E-state index contributed by atoms with van der Waals surface area (Å²) in [5.41, 5.74) is 0.798. The fourth-order valence-corrected chi connectivity index (χ4v) is 1.42. The predicted molar refractivity (Wildman–Crippen MR) is 63.5 cm³/mol. The SMILES string of the molecule is COCCOc1ccc2cnc(OC)nc2c1. The normalized spacial score (nSPS) is 10.5. The monoisotopic (exact) mass is 234 g/mol. The van der Waals surface area contributed by atoms with E-state index in [-0.39, 0.29) is 0 Å². The molecule has 0 spiro atoms. The van der Waals surface area contributed by atoms with Gasteiger partial charge in [0.2, 0.25) is 0 Å². The van der Waals surface area contributed by atoms with E-state index < -0.39 is 0 Å². The summed E-state index contributed by atoms with van der Waals surface area (Å²) in [6.07, 6.45) is 1.72. The number of benzene rings is 1. The maximum Gasteiger partial charge on any atom is 0.316 e. The Morgan fingerprint density at radius 2 is 2.06 bits per heavy atom. The lowest BCUT2D eigenvalue weighted by atomic mass is 10.2. The third-order valence-electron chi connectivity index (χ3n) is 2.27. The quantitative estimate of drug-likeness (QED) is 0.736. The van der Waals surface area contributed by atoms with Crippen LogP contribution in [-0.2, 0) is 4.74 Å². The van der Waals surface area contributed by atoms with Gasteiger partial charge in [0.25, 0.3) is 0 Å². The molecule has 0 atom stereocenters. The lowest BCUT2D eigenvalue weighted by Gasteiger charge is -2.06. The van der Waals surface area contributed by atoms with E-state index in [9.17, 15) is 0 Å². The van der Waals surface area contributed by atoms with Gasteiger partial charge in [-0.3, -0.25) is 0 Å². The highest BCUT2D eigenvalue weighted by atomic mass is 16.5. The van der Waals surface area contributed by atoms with Gasteiger partial charge in [0, 0.05) is 24.8 Å². The Bertz CT molecular complexity index is 502. The Morgan fingerprint density at radius 3 is 2.82 bits per heavy atom. The predicted octanol–water partition coefficient (Wildman–Crippen LogP) is 1.66. The van der Waals surface area contributed by atoms with Crippen molar-refractivity contribution in [1.82, 2.24) is 9.97 Å². The summed E-state index contributed by atoms with van der Waals surface area (Å²) in [5, 5.41) is 0.949. The number of fused-ring (bicyclic) bond motifs is 1. The van der Waals surface area contributed by atoms with Crippen LogP contribution < -0.4 is 9.47 Å². The van der Waals surface area contributed by atoms with Crippen LogP contribution in [0.3, 0.4) is 0 Å². The second-order valence-electron chi connectivity index (χ2n) is 3.42. The third-order valence-corrected chi connectivity index (χ3v) is 2.27. The molecule has 0 aliphatic heterocycles. The lowest BCUT2D eigenvalue weighted by Crippen LogP contribution is -2.04. The van der Waals surface area contributed by atoms with E-state index in [4.69, 9.17) is 14.2 Å². The molecule has 17 heavy (non-hydrogen) atoms. The van der Waals surface area contributed by atoms with Gasteiger partial charge in [-0.05, 0) is 12.1 Å². The molecular weight excluding hydrogens is 220 g/mol. The average Bonchev–Trinajstić information content (AvgIpc) is 2.38. The van der Waals surface area contributed by atoms with Gasteiger partial charge in [-0.1, -0.05) is 0 Å².